The minimum absolute atomic E-state index is 0.0279. The van der Waals surface area contributed by atoms with E-state index >= 15 is 0 Å². The number of benzene rings is 2. The zero-order valence-corrected chi connectivity index (χ0v) is 17.4. The molecule has 1 unspecified atom stereocenters. The molecule has 1 atom stereocenters. The predicted molar refractivity (Wildman–Crippen MR) is 117 cm³/mol. The molecule has 1 aliphatic carbocycles. The molecule has 7 heteroatoms. The molecule has 0 spiro atoms. The van der Waals surface area contributed by atoms with Gasteiger partial charge in [0.25, 0.3) is 0 Å². The van der Waals surface area contributed by atoms with Gasteiger partial charge in [-0.15, -0.1) is 6.58 Å². The standard InChI is InChI=1S/C24H26N2O5/c1-3-14-26(2)23(29)21(12-13-22(27)28)25-24(30)31-15-20-18-10-6-4-8-16(18)17-9-5-7-11-19(17)20/h3-11,20-21H,1,12-15H2,2H3,(H,25,30)(H,27,28). The molecule has 2 N–H and O–H groups in total. The zero-order valence-electron chi connectivity index (χ0n) is 17.4. The summed E-state index contributed by atoms with van der Waals surface area (Å²) in [7, 11) is 1.57. The number of rotatable bonds is 9. The van der Waals surface area contributed by atoms with E-state index in [0.29, 0.717) is 0 Å². The second-order valence-corrected chi connectivity index (χ2v) is 7.46. The van der Waals surface area contributed by atoms with Crippen LogP contribution in [0.25, 0.3) is 11.1 Å². The van der Waals surface area contributed by atoms with Gasteiger partial charge in [0.2, 0.25) is 5.91 Å². The number of amides is 2. The fraction of sp³-hybridized carbons (Fsp3) is 0.292. The first-order chi connectivity index (χ1) is 14.9. The van der Waals surface area contributed by atoms with Gasteiger partial charge in [0.05, 0.1) is 0 Å². The van der Waals surface area contributed by atoms with Gasteiger partial charge < -0.3 is 20.1 Å². The monoisotopic (exact) mass is 422 g/mol. The molecule has 3 rings (SSSR count). The quantitative estimate of drug-likeness (QED) is 0.604. The number of likely N-dealkylation sites (N-methyl/N-ethyl adjacent to an activating group) is 1. The summed E-state index contributed by atoms with van der Waals surface area (Å²) in [6, 6.07) is 15.0. The number of carbonyl (C=O) groups is 3. The molecule has 0 heterocycles. The summed E-state index contributed by atoms with van der Waals surface area (Å²) >= 11 is 0. The van der Waals surface area contributed by atoms with Gasteiger partial charge in [-0.05, 0) is 28.7 Å². The minimum atomic E-state index is -1.04. The van der Waals surface area contributed by atoms with Crippen molar-refractivity contribution in [2.24, 2.45) is 0 Å². The summed E-state index contributed by atoms with van der Waals surface area (Å²) in [6.45, 7) is 3.99. The molecule has 0 radical (unpaired) electrons. The number of carboxylic acids is 1. The summed E-state index contributed by atoms with van der Waals surface area (Å²) < 4.78 is 5.48. The molecule has 0 aromatic heterocycles. The summed E-state index contributed by atoms with van der Waals surface area (Å²) in [4.78, 5) is 37.4. The van der Waals surface area contributed by atoms with Gasteiger partial charge in [-0.25, -0.2) is 4.79 Å². The molecule has 0 aliphatic heterocycles. The maximum absolute atomic E-state index is 12.6. The van der Waals surface area contributed by atoms with Crippen molar-refractivity contribution in [2.75, 3.05) is 20.2 Å². The summed E-state index contributed by atoms with van der Waals surface area (Å²) in [5.74, 6) is -1.54. The van der Waals surface area contributed by atoms with E-state index in [1.165, 1.54) is 4.90 Å². The Kier molecular flexibility index (Phi) is 7.07. The van der Waals surface area contributed by atoms with Crippen LogP contribution in [-0.4, -0.2) is 54.2 Å². The Hall–Kier alpha value is -3.61. The molecule has 1 aliphatic rings. The van der Waals surface area contributed by atoms with Crippen molar-refractivity contribution >= 4 is 18.0 Å². The Morgan fingerprint density at radius 1 is 1.13 bits per heavy atom. The molecule has 2 aromatic carbocycles. The van der Waals surface area contributed by atoms with Crippen LogP contribution >= 0.6 is 0 Å². The SMILES string of the molecule is C=CCN(C)C(=O)C(CCC(=O)O)NC(=O)OCC1c2ccccc2-c2ccccc21. The average molecular weight is 422 g/mol. The molecule has 2 amide bonds. The van der Waals surface area contributed by atoms with Crippen LogP contribution in [0.1, 0.15) is 29.9 Å². The lowest BCUT2D eigenvalue weighted by Crippen LogP contribution is -2.48. The van der Waals surface area contributed by atoms with Gasteiger partial charge in [0.1, 0.15) is 12.6 Å². The van der Waals surface area contributed by atoms with E-state index in [9.17, 15) is 14.4 Å². The van der Waals surface area contributed by atoms with Crippen LogP contribution in [0, 0.1) is 0 Å². The van der Waals surface area contributed by atoms with Gasteiger partial charge in [0.15, 0.2) is 0 Å². The Bertz CT molecular complexity index is 942. The van der Waals surface area contributed by atoms with E-state index in [4.69, 9.17) is 9.84 Å². The van der Waals surface area contributed by atoms with Crippen molar-refractivity contribution in [3.8, 4) is 11.1 Å². The van der Waals surface area contributed by atoms with E-state index in [2.05, 4.69) is 11.9 Å². The van der Waals surface area contributed by atoms with E-state index in [0.717, 1.165) is 22.3 Å². The zero-order chi connectivity index (χ0) is 22.4. The number of nitrogens with zero attached hydrogens (tertiary/aromatic N) is 1. The molecular formula is C24H26N2O5. The summed E-state index contributed by atoms with van der Waals surface area (Å²) in [6.07, 6.45) is 0.527. The van der Waals surface area contributed by atoms with Crippen LogP contribution in [0.3, 0.4) is 0 Å². The van der Waals surface area contributed by atoms with E-state index in [1.54, 1.807) is 13.1 Å². The average Bonchev–Trinajstić information content (AvgIpc) is 3.08. The largest absolute Gasteiger partial charge is 0.481 e. The number of hydrogen-bond acceptors (Lipinski definition) is 4. The highest BCUT2D eigenvalue weighted by atomic mass is 16.5. The lowest BCUT2D eigenvalue weighted by molar-refractivity contribution is -0.137. The molecule has 162 valence electrons. The number of nitrogens with one attached hydrogen (secondary N) is 1. The van der Waals surface area contributed by atoms with Crippen LogP contribution in [0.4, 0.5) is 4.79 Å². The first-order valence-electron chi connectivity index (χ1n) is 10.1. The molecule has 31 heavy (non-hydrogen) atoms. The van der Waals surface area contributed by atoms with Crippen molar-refractivity contribution in [3.63, 3.8) is 0 Å². The number of ether oxygens (including phenoxy) is 1. The topological polar surface area (TPSA) is 95.9 Å². The van der Waals surface area contributed by atoms with Crippen molar-refractivity contribution in [3.05, 3.63) is 72.3 Å². The number of alkyl carbamates (subject to hydrolysis) is 1. The van der Waals surface area contributed by atoms with Crippen molar-refractivity contribution in [2.45, 2.75) is 24.8 Å². The minimum Gasteiger partial charge on any atom is -0.481 e. The van der Waals surface area contributed by atoms with Crippen LogP contribution in [-0.2, 0) is 14.3 Å². The Balaban J connectivity index is 1.68. The summed E-state index contributed by atoms with van der Waals surface area (Å²) in [5, 5.41) is 11.5. The molecule has 2 aromatic rings. The van der Waals surface area contributed by atoms with Crippen molar-refractivity contribution < 1.29 is 24.2 Å². The maximum Gasteiger partial charge on any atom is 0.407 e. The fourth-order valence-electron chi connectivity index (χ4n) is 3.86. The predicted octanol–water partition coefficient (Wildman–Crippen LogP) is 3.40. The third-order valence-electron chi connectivity index (χ3n) is 5.36. The highest BCUT2D eigenvalue weighted by Gasteiger charge is 2.30. The lowest BCUT2D eigenvalue weighted by atomic mass is 9.98. The lowest BCUT2D eigenvalue weighted by Gasteiger charge is -2.23. The Morgan fingerprint density at radius 2 is 1.71 bits per heavy atom. The van der Waals surface area contributed by atoms with Crippen molar-refractivity contribution in [1.82, 2.24) is 10.2 Å². The third kappa shape index (κ3) is 5.12. The third-order valence-corrected chi connectivity index (χ3v) is 5.36. The van der Waals surface area contributed by atoms with Gasteiger partial charge in [0, 0.05) is 25.9 Å². The number of carbonyl (C=O) groups excluding carboxylic acids is 2. The number of fused-ring (bicyclic) bond motifs is 3. The number of carboxylic acid groups (broad SMARTS) is 1. The molecule has 0 saturated carbocycles. The van der Waals surface area contributed by atoms with Gasteiger partial charge in [-0.2, -0.15) is 0 Å². The molecule has 0 saturated heterocycles. The van der Waals surface area contributed by atoms with E-state index in [-0.39, 0.29) is 31.9 Å². The Labute approximate surface area is 181 Å². The highest BCUT2D eigenvalue weighted by Crippen LogP contribution is 2.44. The first-order valence-corrected chi connectivity index (χ1v) is 10.1. The molecule has 0 bridgehead atoms. The highest BCUT2D eigenvalue weighted by molar-refractivity contribution is 5.86. The number of hydrogen-bond donors (Lipinski definition) is 2. The smallest absolute Gasteiger partial charge is 0.407 e. The Morgan fingerprint density at radius 3 is 2.26 bits per heavy atom. The normalized spacial score (nSPS) is 12.9. The van der Waals surface area contributed by atoms with Crippen molar-refractivity contribution in [1.29, 1.82) is 0 Å². The van der Waals surface area contributed by atoms with Crippen LogP contribution < -0.4 is 5.32 Å². The second kappa shape index (κ2) is 9.93. The van der Waals surface area contributed by atoms with Gasteiger partial charge in [-0.3, -0.25) is 9.59 Å². The van der Waals surface area contributed by atoms with Crippen LogP contribution in [0.5, 0.6) is 0 Å². The van der Waals surface area contributed by atoms with Crippen LogP contribution in [0.2, 0.25) is 0 Å². The summed E-state index contributed by atoms with van der Waals surface area (Å²) in [5.41, 5.74) is 4.40. The van der Waals surface area contributed by atoms with E-state index in [1.807, 2.05) is 48.5 Å². The fourth-order valence-corrected chi connectivity index (χ4v) is 3.86. The van der Waals surface area contributed by atoms with Gasteiger partial charge in [-0.1, -0.05) is 54.6 Å². The van der Waals surface area contributed by atoms with Crippen LogP contribution in [0.15, 0.2) is 61.2 Å². The molecule has 0 fully saturated rings. The number of aliphatic carboxylic acids is 1. The molecule has 7 nitrogen and oxygen atoms in total. The second-order valence-electron chi connectivity index (χ2n) is 7.46. The maximum atomic E-state index is 12.6. The van der Waals surface area contributed by atoms with Gasteiger partial charge >= 0.3 is 12.1 Å². The molecular weight excluding hydrogens is 396 g/mol. The van der Waals surface area contributed by atoms with E-state index < -0.39 is 24.0 Å². The first kappa shape index (κ1) is 22.1.